The van der Waals surface area contributed by atoms with Crippen LogP contribution >= 0.6 is 23.1 Å². The number of amides is 1. The van der Waals surface area contributed by atoms with Crippen LogP contribution < -0.4 is 10.6 Å². The predicted octanol–water partition coefficient (Wildman–Crippen LogP) is 2.83. The van der Waals surface area contributed by atoms with E-state index in [1.807, 2.05) is 31.2 Å². The number of nitrogens with one attached hydrogen (secondary N) is 2. The third-order valence-corrected chi connectivity index (χ3v) is 5.36. The molecule has 7 heteroatoms. The van der Waals surface area contributed by atoms with Crippen molar-refractivity contribution in [2.75, 3.05) is 11.1 Å². The topological polar surface area (TPSA) is 66.9 Å². The standard InChI is InChI=1S/C15H18N4OS2/c1-10-4-2-3-5-11(10)8-16-13(20)9-21-15-19-18-14(22-15)17-12-6-7-12/h2-5,12H,6-9H2,1H3,(H,16,20)(H,17,18). The number of hydrogen-bond donors (Lipinski definition) is 2. The third-order valence-electron chi connectivity index (χ3n) is 3.38. The lowest BCUT2D eigenvalue weighted by Gasteiger charge is -2.07. The number of benzene rings is 1. The Hall–Kier alpha value is -1.60. The first-order valence-electron chi connectivity index (χ1n) is 7.25. The molecule has 0 unspecified atom stereocenters. The van der Waals surface area contributed by atoms with Crippen LogP contribution in [0.2, 0.25) is 0 Å². The highest BCUT2D eigenvalue weighted by Crippen LogP contribution is 2.30. The zero-order chi connectivity index (χ0) is 15.4. The Morgan fingerprint density at radius 1 is 1.36 bits per heavy atom. The van der Waals surface area contributed by atoms with Gasteiger partial charge < -0.3 is 10.6 Å². The van der Waals surface area contributed by atoms with Crippen LogP contribution in [0.5, 0.6) is 0 Å². The van der Waals surface area contributed by atoms with E-state index >= 15 is 0 Å². The fourth-order valence-corrected chi connectivity index (χ4v) is 3.57. The lowest BCUT2D eigenvalue weighted by Crippen LogP contribution is -2.24. The van der Waals surface area contributed by atoms with Crippen molar-refractivity contribution in [1.29, 1.82) is 0 Å². The second-order valence-corrected chi connectivity index (χ2v) is 7.48. The molecule has 2 aromatic rings. The van der Waals surface area contributed by atoms with E-state index in [9.17, 15) is 4.79 Å². The van der Waals surface area contributed by atoms with Crippen molar-refractivity contribution in [3.8, 4) is 0 Å². The van der Waals surface area contributed by atoms with E-state index in [4.69, 9.17) is 0 Å². The molecular weight excluding hydrogens is 316 g/mol. The number of anilines is 1. The summed E-state index contributed by atoms with van der Waals surface area (Å²) in [5.41, 5.74) is 2.34. The van der Waals surface area contributed by atoms with Gasteiger partial charge in [0.05, 0.1) is 5.75 Å². The highest BCUT2D eigenvalue weighted by atomic mass is 32.2. The summed E-state index contributed by atoms with van der Waals surface area (Å²) in [6.45, 7) is 2.61. The molecule has 116 valence electrons. The molecule has 1 amide bonds. The minimum Gasteiger partial charge on any atom is -0.357 e. The van der Waals surface area contributed by atoms with Gasteiger partial charge >= 0.3 is 0 Å². The minimum absolute atomic E-state index is 0.0140. The van der Waals surface area contributed by atoms with Crippen LogP contribution in [0.4, 0.5) is 5.13 Å². The second kappa shape index (κ2) is 7.11. The Morgan fingerprint density at radius 3 is 2.95 bits per heavy atom. The van der Waals surface area contributed by atoms with Gasteiger partial charge in [-0.2, -0.15) is 0 Å². The van der Waals surface area contributed by atoms with E-state index < -0.39 is 0 Å². The van der Waals surface area contributed by atoms with Gasteiger partial charge in [0.2, 0.25) is 11.0 Å². The smallest absolute Gasteiger partial charge is 0.230 e. The van der Waals surface area contributed by atoms with Crippen LogP contribution in [0.25, 0.3) is 0 Å². The van der Waals surface area contributed by atoms with Crippen LogP contribution in [0.15, 0.2) is 28.6 Å². The van der Waals surface area contributed by atoms with Crippen LogP contribution in [-0.2, 0) is 11.3 Å². The van der Waals surface area contributed by atoms with Crippen molar-refractivity contribution >= 4 is 34.1 Å². The van der Waals surface area contributed by atoms with Gasteiger partial charge in [-0.05, 0) is 30.9 Å². The molecule has 22 heavy (non-hydrogen) atoms. The van der Waals surface area contributed by atoms with Crippen LogP contribution in [-0.4, -0.2) is 27.9 Å². The van der Waals surface area contributed by atoms with E-state index in [-0.39, 0.29) is 5.91 Å². The number of hydrogen-bond acceptors (Lipinski definition) is 6. The summed E-state index contributed by atoms with van der Waals surface area (Å²) in [6, 6.07) is 8.64. The number of rotatable bonds is 7. The maximum absolute atomic E-state index is 11.9. The quantitative estimate of drug-likeness (QED) is 0.762. The molecule has 0 spiro atoms. The van der Waals surface area contributed by atoms with Gasteiger partial charge in [-0.3, -0.25) is 4.79 Å². The third kappa shape index (κ3) is 4.45. The van der Waals surface area contributed by atoms with E-state index in [0.29, 0.717) is 18.3 Å². The lowest BCUT2D eigenvalue weighted by atomic mass is 10.1. The van der Waals surface area contributed by atoms with E-state index in [1.165, 1.54) is 41.5 Å². The summed E-state index contributed by atoms with van der Waals surface area (Å²) in [5.74, 6) is 0.379. The molecule has 1 fully saturated rings. The lowest BCUT2D eigenvalue weighted by molar-refractivity contribution is -0.118. The van der Waals surface area contributed by atoms with Gasteiger partial charge in [0.1, 0.15) is 0 Å². The summed E-state index contributed by atoms with van der Waals surface area (Å²) in [4.78, 5) is 11.9. The first-order chi connectivity index (χ1) is 10.7. The number of carbonyl (C=O) groups is 1. The summed E-state index contributed by atoms with van der Waals surface area (Å²) in [7, 11) is 0. The zero-order valence-corrected chi connectivity index (χ0v) is 14.0. The number of nitrogens with zero attached hydrogens (tertiary/aromatic N) is 2. The average molecular weight is 334 g/mol. The molecule has 0 bridgehead atoms. The number of aromatic nitrogens is 2. The molecule has 1 saturated carbocycles. The first-order valence-corrected chi connectivity index (χ1v) is 9.05. The van der Waals surface area contributed by atoms with Gasteiger partial charge in [0.15, 0.2) is 4.34 Å². The largest absolute Gasteiger partial charge is 0.357 e. The van der Waals surface area contributed by atoms with Gasteiger partial charge in [0, 0.05) is 12.6 Å². The Bertz CT molecular complexity index is 654. The summed E-state index contributed by atoms with van der Waals surface area (Å²) >= 11 is 2.94. The van der Waals surface area contributed by atoms with Gasteiger partial charge in [-0.1, -0.05) is 47.4 Å². The summed E-state index contributed by atoms with van der Waals surface area (Å²) in [5, 5.41) is 15.3. The monoisotopic (exact) mass is 334 g/mol. The molecule has 1 heterocycles. The Kier molecular flexibility index (Phi) is 4.94. The molecule has 5 nitrogen and oxygen atoms in total. The molecule has 0 radical (unpaired) electrons. The fourth-order valence-electron chi connectivity index (χ4n) is 1.91. The van der Waals surface area contributed by atoms with Crippen molar-refractivity contribution in [2.24, 2.45) is 0 Å². The highest BCUT2D eigenvalue weighted by Gasteiger charge is 2.22. The number of thioether (sulfide) groups is 1. The Balaban J connectivity index is 1.42. The van der Waals surface area contributed by atoms with Crippen molar-refractivity contribution in [2.45, 2.75) is 36.7 Å². The zero-order valence-electron chi connectivity index (χ0n) is 12.3. The predicted molar refractivity (Wildman–Crippen MR) is 90.3 cm³/mol. The molecule has 1 aromatic carbocycles. The van der Waals surface area contributed by atoms with Gasteiger partial charge in [-0.15, -0.1) is 10.2 Å². The normalized spacial score (nSPS) is 13.9. The number of aryl methyl sites for hydroxylation is 1. The fraction of sp³-hybridized carbons (Fsp3) is 0.400. The number of carbonyl (C=O) groups excluding carboxylic acids is 1. The highest BCUT2D eigenvalue weighted by molar-refractivity contribution is 8.01. The van der Waals surface area contributed by atoms with Crippen molar-refractivity contribution in [3.05, 3.63) is 35.4 Å². The first kappa shape index (κ1) is 15.3. The minimum atomic E-state index is 0.0140. The van der Waals surface area contributed by atoms with Crippen molar-refractivity contribution in [3.63, 3.8) is 0 Å². The van der Waals surface area contributed by atoms with Crippen LogP contribution in [0, 0.1) is 6.92 Å². The van der Waals surface area contributed by atoms with E-state index in [1.54, 1.807) is 0 Å². The van der Waals surface area contributed by atoms with E-state index in [0.717, 1.165) is 15.0 Å². The second-order valence-electron chi connectivity index (χ2n) is 5.28. The molecule has 0 saturated heterocycles. The molecule has 3 rings (SSSR count). The van der Waals surface area contributed by atoms with Crippen LogP contribution in [0.3, 0.4) is 0 Å². The average Bonchev–Trinajstić information content (AvgIpc) is 3.21. The molecule has 0 aliphatic heterocycles. The molecule has 1 aromatic heterocycles. The van der Waals surface area contributed by atoms with Crippen LogP contribution in [0.1, 0.15) is 24.0 Å². The summed E-state index contributed by atoms with van der Waals surface area (Å²) < 4.78 is 0.828. The maximum Gasteiger partial charge on any atom is 0.230 e. The molecule has 0 atom stereocenters. The van der Waals surface area contributed by atoms with E-state index in [2.05, 4.69) is 20.8 Å². The Morgan fingerprint density at radius 2 is 2.18 bits per heavy atom. The van der Waals surface area contributed by atoms with Gasteiger partial charge in [-0.25, -0.2) is 0 Å². The van der Waals surface area contributed by atoms with Gasteiger partial charge in [0.25, 0.3) is 0 Å². The molecule has 1 aliphatic carbocycles. The molecule has 2 N–H and O–H groups in total. The molecular formula is C15H18N4OS2. The van der Waals surface area contributed by atoms with Crippen molar-refractivity contribution < 1.29 is 4.79 Å². The summed E-state index contributed by atoms with van der Waals surface area (Å²) in [6.07, 6.45) is 2.42. The Labute approximate surface area is 137 Å². The maximum atomic E-state index is 11.9. The molecule has 1 aliphatic rings. The SMILES string of the molecule is Cc1ccccc1CNC(=O)CSc1nnc(NC2CC2)s1. The van der Waals surface area contributed by atoms with Crippen molar-refractivity contribution in [1.82, 2.24) is 15.5 Å².